The summed E-state index contributed by atoms with van der Waals surface area (Å²) in [6.45, 7) is 1.89. The van der Waals surface area contributed by atoms with Gasteiger partial charge in [0.05, 0.1) is 0 Å². The molecule has 2 aromatic rings. The van der Waals surface area contributed by atoms with Gasteiger partial charge < -0.3 is 9.51 Å². The zero-order valence-electron chi connectivity index (χ0n) is 7.77. The minimum atomic E-state index is -1.01. The zero-order valence-corrected chi connectivity index (χ0v) is 10.2. The first-order valence-corrected chi connectivity index (χ1v) is 4.75. The molecule has 4 nitrogen and oxygen atoms in total. The van der Waals surface area contributed by atoms with Crippen LogP contribution in [-0.4, -0.2) is 20.5 Å². The van der Waals surface area contributed by atoms with Crippen molar-refractivity contribution in [2.45, 2.75) is 6.92 Å². The summed E-state index contributed by atoms with van der Waals surface area (Å²) in [7, 11) is 0. The number of carboxylic acid groups (broad SMARTS) is 1. The standard InChI is InChI=1S/C9H7BrN2O2.ClH/c1-5-2-6(10)3-12-4-7(9(13)14)11-8(5)12;/h2-4H,1H3,(H,13,14);1H. The fraction of sp³-hybridized carbons (Fsp3) is 0.111. The number of hydrogen-bond acceptors (Lipinski definition) is 2. The summed E-state index contributed by atoms with van der Waals surface area (Å²) < 4.78 is 2.60. The van der Waals surface area contributed by atoms with Crippen LogP contribution in [0.5, 0.6) is 0 Å². The van der Waals surface area contributed by atoms with E-state index in [2.05, 4.69) is 20.9 Å². The van der Waals surface area contributed by atoms with Crippen LogP contribution in [0.4, 0.5) is 0 Å². The number of hydrogen-bond donors (Lipinski definition) is 1. The molecule has 0 saturated carbocycles. The molecule has 0 bridgehead atoms. The highest BCUT2D eigenvalue weighted by molar-refractivity contribution is 9.10. The van der Waals surface area contributed by atoms with Crippen LogP contribution in [-0.2, 0) is 0 Å². The third kappa shape index (κ3) is 2.13. The van der Waals surface area contributed by atoms with Crippen molar-refractivity contribution in [3.63, 3.8) is 0 Å². The summed E-state index contributed by atoms with van der Waals surface area (Å²) in [5.41, 5.74) is 1.67. The molecular weight excluding hydrogens is 283 g/mol. The third-order valence-electron chi connectivity index (χ3n) is 1.92. The first kappa shape index (κ1) is 12.0. The number of rotatable bonds is 1. The van der Waals surface area contributed by atoms with Crippen molar-refractivity contribution in [2.75, 3.05) is 0 Å². The van der Waals surface area contributed by atoms with Gasteiger partial charge in [-0.1, -0.05) is 0 Å². The van der Waals surface area contributed by atoms with Gasteiger partial charge in [0.15, 0.2) is 5.69 Å². The number of aromatic carboxylic acids is 1. The normalized spacial score (nSPS) is 10.0. The van der Waals surface area contributed by atoms with E-state index in [9.17, 15) is 4.79 Å². The number of aryl methyl sites for hydroxylation is 1. The summed E-state index contributed by atoms with van der Waals surface area (Å²) in [6, 6.07) is 1.90. The van der Waals surface area contributed by atoms with Crippen molar-refractivity contribution in [2.24, 2.45) is 0 Å². The maximum atomic E-state index is 10.7. The average Bonchev–Trinajstić information content (AvgIpc) is 2.47. The van der Waals surface area contributed by atoms with Crippen molar-refractivity contribution in [1.29, 1.82) is 0 Å². The largest absolute Gasteiger partial charge is 0.476 e. The maximum Gasteiger partial charge on any atom is 0.356 e. The van der Waals surface area contributed by atoms with E-state index in [4.69, 9.17) is 5.11 Å². The second kappa shape index (κ2) is 4.20. The van der Waals surface area contributed by atoms with Crippen LogP contribution in [0.25, 0.3) is 5.65 Å². The lowest BCUT2D eigenvalue weighted by Gasteiger charge is -1.97. The minimum absolute atomic E-state index is 0. The molecule has 1 N–H and O–H groups in total. The highest BCUT2D eigenvalue weighted by atomic mass is 79.9. The molecule has 2 aromatic heterocycles. The molecule has 0 aliphatic carbocycles. The van der Waals surface area contributed by atoms with Crippen LogP contribution >= 0.6 is 28.3 Å². The van der Waals surface area contributed by atoms with Gasteiger partial charge in [-0.25, -0.2) is 9.78 Å². The van der Waals surface area contributed by atoms with E-state index in [1.807, 2.05) is 13.0 Å². The molecule has 0 radical (unpaired) electrons. The Bertz CT molecular complexity index is 524. The van der Waals surface area contributed by atoms with Crippen molar-refractivity contribution in [1.82, 2.24) is 9.38 Å². The van der Waals surface area contributed by atoms with Gasteiger partial charge >= 0.3 is 5.97 Å². The number of halogens is 2. The molecule has 2 rings (SSSR count). The van der Waals surface area contributed by atoms with Crippen LogP contribution < -0.4 is 0 Å². The second-order valence-corrected chi connectivity index (χ2v) is 3.92. The first-order valence-electron chi connectivity index (χ1n) is 3.96. The molecule has 0 fully saturated rings. The molecule has 0 atom stereocenters. The second-order valence-electron chi connectivity index (χ2n) is 3.00. The van der Waals surface area contributed by atoms with Gasteiger partial charge in [0.25, 0.3) is 0 Å². The summed E-state index contributed by atoms with van der Waals surface area (Å²) in [4.78, 5) is 14.7. The van der Waals surface area contributed by atoms with Gasteiger partial charge in [0.2, 0.25) is 0 Å². The predicted molar refractivity (Wildman–Crippen MR) is 61.8 cm³/mol. The van der Waals surface area contributed by atoms with Gasteiger partial charge in [0, 0.05) is 16.9 Å². The SMILES string of the molecule is Cc1cc(Br)cn2cc(C(=O)O)nc12.Cl. The Balaban J connectivity index is 0.00000112. The minimum Gasteiger partial charge on any atom is -0.476 e. The lowest BCUT2D eigenvalue weighted by atomic mass is 10.3. The van der Waals surface area contributed by atoms with E-state index in [1.165, 1.54) is 6.20 Å². The van der Waals surface area contributed by atoms with Crippen molar-refractivity contribution < 1.29 is 9.90 Å². The van der Waals surface area contributed by atoms with E-state index < -0.39 is 5.97 Å². The number of nitrogens with zero attached hydrogens (tertiary/aromatic N) is 2. The number of aromatic nitrogens is 2. The molecule has 0 aromatic carbocycles. The lowest BCUT2D eigenvalue weighted by molar-refractivity contribution is 0.0691. The molecule has 0 unspecified atom stereocenters. The lowest BCUT2D eigenvalue weighted by Crippen LogP contribution is -1.95. The molecule has 0 amide bonds. The van der Waals surface area contributed by atoms with Crippen LogP contribution in [0, 0.1) is 6.92 Å². The fourth-order valence-corrected chi connectivity index (χ4v) is 1.89. The van der Waals surface area contributed by atoms with Crippen molar-refractivity contribution in [3.8, 4) is 0 Å². The van der Waals surface area contributed by atoms with E-state index in [-0.39, 0.29) is 18.1 Å². The average molecular weight is 292 g/mol. The van der Waals surface area contributed by atoms with Crippen molar-refractivity contribution >= 4 is 40.0 Å². The van der Waals surface area contributed by atoms with Crippen LogP contribution in [0.2, 0.25) is 0 Å². The van der Waals surface area contributed by atoms with Crippen molar-refractivity contribution in [3.05, 3.63) is 34.2 Å². The highest BCUT2D eigenvalue weighted by Crippen LogP contribution is 2.16. The number of imidazole rings is 1. The van der Waals surface area contributed by atoms with Gasteiger partial charge in [-0.15, -0.1) is 12.4 Å². The number of pyridine rings is 1. The Morgan fingerprint density at radius 2 is 2.20 bits per heavy atom. The van der Waals surface area contributed by atoms with E-state index >= 15 is 0 Å². The summed E-state index contributed by atoms with van der Waals surface area (Å²) in [5, 5.41) is 8.76. The summed E-state index contributed by atoms with van der Waals surface area (Å²) >= 11 is 3.33. The molecule has 6 heteroatoms. The van der Waals surface area contributed by atoms with Gasteiger partial charge in [-0.2, -0.15) is 0 Å². The molecule has 0 aliphatic rings. The van der Waals surface area contributed by atoms with Crippen LogP contribution in [0.1, 0.15) is 16.1 Å². The van der Waals surface area contributed by atoms with Crippen LogP contribution in [0.15, 0.2) is 22.9 Å². The Hall–Kier alpha value is -1.07. The molecular formula is C9H8BrClN2O2. The van der Waals surface area contributed by atoms with E-state index in [1.54, 1.807) is 10.6 Å². The topological polar surface area (TPSA) is 54.6 Å². The van der Waals surface area contributed by atoms with E-state index in [0.717, 1.165) is 10.0 Å². The molecule has 2 heterocycles. The fourth-order valence-electron chi connectivity index (χ4n) is 1.33. The van der Waals surface area contributed by atoms with Gasteiger partial charge in [-0.3, -0.25) is 0 Å². The van der Waals surface area contributed by atoms with E-state index in [0.29, 0.717) is 5.65 Å². The number of carbonyl (C=O) groups is 1. The van der Waals surface area contributed by atoms with Crippen LogP contribution in [0.3, 0.4) is 0 Å². The Morgan fingerprint density at radius 3 is 2.80 bits per heavy atom. The molecule has 80 valence electrons. The Labute approximate surface area is 100 Å². The number of carboxylic acids is 1. The first-order chi connectivity index (χ1) is 6.58. The zero-order chi connectivity index (χ0) is 10.3. The Morgan fingerprint density at radius 1 is 1.53 bits per heavy atom. The number of fused-ring (bicyclic) bond motifs is 1. The maximum absolute atomic E-state index is 10.7. The summed E-state index contributed by atoms with van der Waals surface area (Å²) in [5.74, 6) is -1.01. The predicted octanol–water partition coefficient (Wildman–Crippen LogP) is 2.53. The van der Waals surface area contributed by atoms with Gasteiger partial charge in [-0.05, 0) is 34.5 Å². The Kier molecular flexibility index (Phi) is 3.36. The summed E-state index contributed by atoms with van der Waals surface area (Å²) in [6.07, 6.45) is 3.28. The molecule has 15 heavy (non-hydrogen) atoms. The quantitative estimate of drug-likeness (QED) is 0.878. The smallest absolute Gasteiger partial charge is 0.356 e. The monoisotopic (exact) mass is 290 g/mol. The molecule has 0 spiro atoms. The molecule has 0 aliphatic heterocycles. The van der Waals surface area contributed by atoms with Gasteiger partial charge in [0.1, 0.15) is 5.65 Å². The molecule has 0 saturated heterocycles. The third-order valence-corrected chi connectivity index (χ3v) is 2.35. The highest BCUT2D eigenvalue weighted by Gasteiger charge is 2.10.